The lowest BCUT2D eigenvalue weighted by Crippen LogP contribution is -2.30. The quantitative estimate of drug-likeness (QED) is 0.565. The van der Waals surface area contributed by atoms with E-state index in [1.54, 1.807) is 12.1 Å². The van der Waals surface area contributed by atoms with Crippen LogP contribution in [0.2, 0.25) is 5.02 Å². The molecule has 5 N–H and O–H groups in total. The molecule has 2 aromatic carbocycles. The lowest BCUT2D eigenvalue weighted by Gasteiger charge is -2.29. The molecule has 1 aliphatic carbocycles. The molecule has 4 rings (SSSR count). The maximum atomic E-state index is 13.2. The molecule has 168 valence electrons. The number of rotatable bonds is 6. The number of hydrogen-bond donors (Lipinski definition) is 3. The van der Waals surface area contributed by atoms with Gasteiger partial charge < -0.3 is 21.2 Å². The van der Waals surface area contributed by atoms with Crippen LogP contribution in [-0.4, -0.2) is 35.4 Å². The molecular weight excluding hydrogens is 439 g/mol. The van der Waals surface area contributed by atoms with Gasteiger partial charge in [-0.3, -0.25) is 9.59 Å². The second kappa shape index (κ2) is 11.0. The fraction of sp³-hybridized carbons (Fsp3) is 0.391. The van der Waals surface area contributed by atoms with E-state index in [-0.39, 0.29) is 41.2 Å². The Morgan fingerprint density at radius 1 is 1.10 bits per heavy atom. The van der Waals surface area contributed by atoms with Gasteiger partial charge in [0.2, 0.25) is 5.91 Å². The van der Waals surface area contributed by atoms with Gasteiger partial charge in [-0.1, -0.05) is 23.7 Å². The third-order valence-electron chi connectivity index (χ3n) is 5.91. The van der Waals surface area contributed by atoms with Gasteiger partial charge in [-0.2, -0.15) is 0 Å². The number of aryl methyl sites for hydroxylation is 1. The van der Waals surface area contributed by atoms with Crippen LogP contribution in [0.5, 0.6) is 5.75 Å². The minimum atomic E-state index is -0.0445. The molecule has 2 aliphatic rings. The summed E-state index contributed by atoms with van der Waals surface area (Å²) < 4.78 is 0. The molecule has 1 unspecified atom stereocenters. The normalized spacial score (nSPS) is 17.0. The second-order valence-corrected chi connectivity index (χ2v) is 8.26. The Kier molecular flexibility index (Phi) is 8.89. The van der Waals surface area contributed by atoms with E-state index in [4.69, 9.17) is 11.6 Å². The number of carbonyl (C=O) groups excluding carboxylic acids is 2. The summed E-state index contributed by atoms with van der Waals surface area (Å²) in [6.07, 6.45) is 4.35. The van der Waals surface area contributed by atoms with Gasteiger partial charge in [-0.05, 0) is 80.1 Å². The topological polar surface area (TPSA) is 110 Å². The van der Waals surface area contributed by atoms with Crippen LogP contribution >= 0.6 is 24.0 Å². The van der Waals surface area contributed by atoms with Crippen LogP contribution < -0.4 is 10.6 Å². The first kappa shape index (κ1) is 25.1. The molecule has 0 radical (unpaired) electrons. The Morgan fingerprint density at radius 3 is 2.58 bits per heavy atom. The van der Waals surface area contributed by atoms with Gasteiger partial charge in [0, 0.05) is 17.9 Å². The van der Waals surface area contributed by atoms with Crippen molar-refractivity contribution in [1.82, 2.24) is 5.32 Å². The lowest BCUT2D eigenvalue weighted by molar-refractivity contribution is -0.116. The van der Waals surface area contributed by atoms with Gasteiger partial charge in [0.1, 0.15) is 5.75 Å². The fourth-order valence-corrected chi connectivity index (χ4v) is 4.62. The second-order valence-electron chi connectivity index (χ2n) is 7.85. The first-order valence-electron chi connectivity index (χ1n) is 10.2. The Bertz CT molecular complexity index is 948. The number of ketones is 1. The van der Waals surface area contributed by atoms with E-state index in [0.29, 0.717) is 23.6 Å². The van der Waals surface area contributed by atoms with E-state index in [0.717, 1.165) is 55.5 Å². The molecule has 1 amide bonds. The maximum Gasteiger partial charge on any atom is 0.224 e. The smallest absolute Gasteiger partial charge is 0.224 e. The van der Waals surface area contributed by atoms with Crippen molar-refractivity contribution in [3.05, 3.63) is 57.6 Å². The SMILES string of the molecule is Cl.O.O=C1CCc2c(c(Cl)cc3c2C(=O)C(CCNCCc2ccc(O)cc2)CC3)N1. The number of phenols is 1. The van der Waals surface area contributed by atoms with Gasteiger partial charge in [0.05, 0.1) is 10.7 Å². The van der Waals surface area contributed by atoms with E-state index in [1.807, 2.05) is 18.2 Å². The summed E-state index contributed by atoms with van der Waals surface area (Å²) in [4.78, 5) is 24.9. The van der Waals surface area contributed by atoms with E-state index in [2.05, 4.69) is 10.6 Å². The summed E-state index contributed by atoms with van der Waals surface area (Å²) in [5.41, 5.74) is 4.53. The number of anilines is 1. The number of benzene rings is 2. The Labute approximate surface area is 193 Å². The first-order chi connectivity index (χ1) is 14.0. The van der Waals surface area contributed by atoms with E-state index in [1.165, 1.54) is 5.56 Å². The summed E-state index contributed by atoms with van der Waals surface area (Å²) in [6, 6.07) is 9.09. The average molecular weight is 467 g/mol. The standard InChI is InChI=1S/C23H25ClN2O3.ClH.H2O/c24-19-13-16-4-3-15(10-12-25-11-9-14-1-5-17(27)6-2-14)23(29)21(16)18-7-8-20(28)26-22(18)19;;/h1-2,5-6,13,15,25,27H,3-4,7-12H2,(H,26,28);1H;1H2. The number of amides is 1. The highest BCUT2D eigenvalue weighted by Gasteiger charge is 2.33. The van der Waals surface area contributed by atoms with Crippen LogP contribution in [0.3, 0.4) is 0 Å². The molecule has 6 nitrogen and oxygen atoms in total. The van der Waals surface area contributed by atoms with Crippen molar-refractivity contribution in [3.63, 3.8) is 0 Å². The van der Waals surface area contributed by atoms with Crippen LogP contribution in [0.25, 0.3) is 0 Å². The molecular formula is C23H28Cl2N2O4. The van der Waals surface area contributed by atoms with Gasteiger partial charge in [-0.25, -0.2) is 0 Å². The highest BCUT2D eigenvalue weighted by molar-refractivity contribution is 6.34. The molecule has 0 bridgehead atoms. The Hall–Kier alpha value is -2.12. The third kappa shape index (κ3) is 5.57. The number of phenolic OH excluding ortho intramolecular Hbond substituents is 1. The van der Waals surface area contributed by atoms with Crippen molar-refractivity contribution in [1.29, 1.82) is 0 Å². The molecule has 0 spiro atoms. The first-order valence-corrected chi connectivity index (χ1v) is 10.6. The molecule has 1 aliphatic heterocycles. The van der Waals surface area contributed by atoms with E-state index in [9.17, 15) is 14.7 Å². The number of aromatic hydroxyl groups is 1. The predicted octanol–water partition coefficient (Wildman–Crippen LogP) is 3.49. The molecule has 31 heavy (non-hydrogen) atoms. The summed E-state index contributed by atoms with van der Waals surface area (Å²) in [6.45, 7) is 1.62. The Morgan fingerprint density at radius 2 is 1.84 bits per heavy atom. The average Bonchev–Trinajstić information content (AvgIpc) is 2.71. The minimum Gasteiger partial charge on any atom is -0.508 e. The third-order valence-corrected chi connectivity index (χ3v) is 6.20. The monoisotopic (exact) mass is 466 g/mol. The molecule has 2 aromatic rings. The predicted molar refractivity (Wildman–Crippen MR) is 125 cm³/mol. The number of fused-ring (bicyclic) bond motifs is 3. The molecule has 0 aromatic heterocycles. The summed E-state index contributed by atoms with van der Waals surface area (Å²) in [5.74, 6) is 0.431. The minimum absolute atomic E-state index is 0. The van der Waals surface area contributed by atoms with Gasteiger partial charge >= 0.3 is 0 Å². The number of hydrogen-bond acceptors (Lipinski definition) is 4. The van der Waals surface area contributed by atoms with Crippen LogP contribution in [0.4, 0.5) is 5.69 Å². The largest absolute Gasteiger partial charge is 0.508 e. The summed E-state index contributed by atoms with van der Waals surface area (Å²) >= 11 is 6.36. The van der Waals surface area contributed by atoms with Crippen LogP contribution in [0, 0.1) is 5.92 Å². The number of halogens is 2. The van der Waals surface area contributed by atoms with Gasteiger partial charge in [0.25, 0.3) is 0 Å². The molecule has 8 heteroatoms. The molecule has 1 heterocycles. The zero-order valence-electron chi connectivity index (χ0n) is 17.2. The van der Waals surface area contributed by atoms with Crippen molar-refractivity contribution in [2.45, 2.75) is 38.5 Å². The van der Waals surface area contributed by atoms with Crippen LogP contribution in [0.15, 0.2) is 30.3 Å². The van der Waals surface area contributed by atoms with Crippen molar-refractivity contribution < 1.29 is 20.2 Å². The highest BCUT2D eigenvalue weighted by Crippen LogP contribution is 2.40. The summed E-state index contributed by atoms with van der Waals surface area (Å²) in [5, 5.41) is 16.1. The van der Waals surface area contributed by atoms with E-state index >= 15 is 0 Å². The summed E-state index contributed by atoms with van der Waals surface area (Å²) in [7, 11) is 0. The highest BCUT2D eigenvalue weighted by atomic mass is 35.5. The van der Waals surface area contributed by atoms with Crippen molar-refractivity contribution in [2.24, 2.45) is 5.92 Å². The van der Waals surface area contributed by atoms with Crippen LogP contribution in [-0.2, 0) is 24.1 Å². The zero-order valence-corrected chi connectivity index (χ0v) is 18.7. The molecule has 0 saturated carbocycles. The number of nitrogens with one attached hydrogen (secondary N) is 2. The van der Waals surface area contributed by atoms with E-state index < -0.39 is 0 Å². The fourth-order valence-electron chi connectivity index (χ4n) is 4.33. The zero-order chi connectivity index (χ0) is 20.4. The Balaban J connectivity index is 0.00000171. The lowest BCUT2D eigenvalue weighted by atomic mass is 9.77. The van der Waals surface area contributed by atoms with Crippen molar-refractivity contribution >= 4 is 41.4 Å². The molecule has 0 fully saturated rings. The number of carbonyl (C=O) groups is 2. The maximum absolute atomic E-state index is 13.2. The van der Waals surface area contributed by atoms with Crippen molar-refractivity contribution in [3.8, 4) is 5.75 Å². The molecule has 0 saturated heterocycles. The van der Waals surface area contributed by atoms with Crippen molar-refractivity contribution in [2.75, 3.05) is 18.4 Å². The van der Waals surface area contributed by atoms with Gasteiger partial charge in [0.15, 0.2) is 5.78 Å². The number of Topliss-reactive ketones (excluding diaryl/α,β-unsaturated/α-hetero) is 1. The molecule has 1 atom stereocenters. The van der Waals surface area contributed by atoms with Gasteiger partial charge in [-0.15, -0.1) is 12.4 Å². The van der Waals surface area contributed by atoms with Crippen LogP contribution in [0.1, 0.15) is 46.3 Å².